The maximum absolute atomic E-state index is 13.3. The number of thiophene rings is 10. The van der Waals surface area contributed by atoms with E-state index in [9.17, 15) is 28.8 Å². The molecule has 112 heavy (non-hydrogen) atoms. The minimum atomic E-state index is -0.460. The van der Waals surface area contributed by atoms with E-state index >= 15 is 0 Å². The van der Waals surface area contributed by atoms with Crippen LogP contribution in [0.25, 0.3) is 123 Å². The van der Waals surface area contributed by atoms with Gasteiger partial charge in [-0.05, 0) is 223 Å². The van der Waals surface area contributed by atoms with Crippen molar-refractivity contribution in [2.24, 2.45) is 0 Å². The van der Waals surface area contributed by atoms with Crippen molar-refractivity contribution < 1.29 is 57.2 Å². The van der Waals surface area contributed by atoms with E-state index in [4.69, 9.17) is 28.4 Å². The number of hydrogen-bond donors (Lipinski definition) is 0. The number of carbonyl (C=O) groups excluding carboxylic acids is 6. The molecule has 0 aliphatic heterocycles. The zero-order chi connectivity index (χ0) is 79.3. The first-order chi connectivity index (χ1) is 54.0. The van der Waals surface area contributed by atoms with Gasteiger partial charge in [-0.15, -0.1) is 113 Å². The molecule has 10 heterocycles. The topological polar surface area (TPSA) is 158 Å². The molecule has 0 saturated carbocycles. The highest BCUT2D eigenvalue weighted by atomic mass is 32.1. The lowest BCUT2D eigenvalue weighted by atomic mass is 9.86. The van der Waals surface area contributed by atoms with Gasteiger partial charge in [0.2, 0.25) is 0 Å². The van der Waals surface area contributed by atoms with Crippen LogP contribution in [0.4, 0.5) is 0 Å². The summed E-state index contributed by atoms with van der Waals surface area (Å²) in [4.78, 5) is 99.9. The van der Waals surface area contributed by atoms with Gasteiger partial charge in [-0.2, -0.15) is 0 Å². The van der Waals surface area contributed by atoms with Gasteiger partial charge in [0, 0.05) is 131 Å². The minimum absolute atomic E-state index is 0.401. The molecule has 0 atom stereocenters. The molecule has 5 aromatic carbocycles. The van der Waals surface area contributed by atoms with Gasteiger partial charge in [0.15, 0.2) is 0 Å². The van der Waals surface area contributed by atoms with E-state index in [1.807, 2.05) is 74.5 Å². The van der Waals surface area contributed by atoms with Crippen LogP contribution in [0.5, 0.6) is 0 Å². The Labute approximate surface area is 690 Å². The van der Waals surface area contributed by atoms with Crippen LogP contribution >= 0.6 is 113 Å². The summed E-state index contributed by atoms with van der Waals surface area (Å²) in [6.45, 7) is 16.2. The van der Waals surface area contributed by atoms with Crippen molar-refractivity contribution in [3.8, 4) is 123 Å². The van der Waals surface area contributed by atoms with Gasteiger partial charge in [-0.3, -0.25) is 0 Å². The van der Waals surface area contributed by atoms with E-state index in [-0.39, 0.29) is 0 Å². The lowest BCUT2D eigenvalue weighted by molar-refractivity contribution is 0.0586. The molecule has 0 aliphatic rings. The molecule has 0 bridgehead atoms. The standard InChI is InChI=1S/C32H26O4S2.C30H26O4S4.C28H22O4S4/c1-19-5-9-21(10-6-19)27-13-15-29(37-27)23-17-26(32(34)36-4)24(18-25(23)31(33)35-3)30-16-14-28(38-30)22-11-7-20(2)8-12-22;1-15-7-9-19(35-15)21-11-13-23(37-21)25-17(3)28(30(32)34-6)26(18(4)27(25)29(31)33-5)24-14-12-22(38-24)20-10-8-16(2)36-20;1-15-5-7-23(33-15)25-11-9-21(35-25)17-13-20(28(30)32-4)18(14-19(17)27(29)31-3)22-10-12-26(36-22)24-8-6-16(2)34-24/h5-18H,1-4H3;7-14H,1-6H3;5-14H,1-4H3. The fourth-order valence-corrected chi connectivity index (χ4v) is 23.1. The normalized spacial score (nSPS) is 11.0. The van der Waals surface area contributed by atoms with E-state index in [1.54, 1.807) is 138 Å². The molecule has 12 nitrogen and oxygen atoms in total. The van der Waals surface area contributed by atoms with Crippen LogP contribution in [0.1, 0.15) is 104 Å². The van der Waals surface area contributed by atoms with E-state index in [0.29, 0.717) is 77.9 Å². The number of hydrogen-bond acceptors (Lipinski definition) is 22. The molecule has 22 heteroatoms. The number of rotatable bonds is 18. The molecule has 0 fully saturated rings. The third kappa shape index (κ3) is 17.0. The van der Waals surface area contributed by atoms with E-state index in [2.05, 4.69) is 151 Å². The van der Waals surface area contributed by atoms with Gasteiger partial charge in [0.1, 0.15) is 0 Å². The molecule has 0 aliphatic carbocycles. The Balaban J connectivity index is 0.000000147. The first-order valence-electron chi connectivity index (χ1n) is 35.0. The first kappa shape index (κ1) is 80.0. The summed E-state index contributed by atoms with van der Waals surface area (Å²) in [5.74, 6) is -2.67. The van der Waals surface area contributed by atoms with Crippen LogP contribution in [0, 0.1) is 55.4 Å². The summed E-state index contributed by atoms with van der Waals surface area (Å²) in [6.07, 6.45) is 0. The molecule has 0 N–H and O–H groups in total. The maximum atomic E-state index is 13.3. The Morgan fingerprint density at radius 2 is 0.411 bits per heavy atom. The second-order valence-corrected chi connectivity index (χ2v) is 37.6. The molecule has 0 radical (unpaired) electrons. The molecule has 0 saturated heterocycles. The molecule has 15 rings (SSSR count). The molecule has 0 amide bonds. The SMILES string of the molecule is COC(=O)c1c(C)c(-c2ccc(-c3ccc(C)s3)s2)c(C(=O)OC)c(C)c1-c1ccc(-c2ccc(C)s2)s1.COC(=O)c1cc(-c2ccc(-c3ccc(C)cc3)s2)c(C(=O)OC)cc1-c1ccc(-c2ccc(C)cc2)s1.COC(=O)c1cc(-c2ccc(-c3ccc(C)s3)s2)c(C(=O)OC)cc1-c1ccc(-c2ccc(C)s2)s1. The largest absolute Gasteiger partial charge is 0.465 e. The van der Waals surface area contributed by atoms with Gasteiger partial charge in [-0.1, -0.05) is 59.7 Å². The van der Waals surface area contributed by atoms with Crippen LogP contribution in [0.15, 0.2) is 194 Å². The molecule has 15 aromatic rings. The van der Waals surface area contributed by atoms with Gasteiger partial charge in [-0.25, -0.2) is 28.8 Å². The zero-order valence-corrected chi connectivity index (χ0v) is 71.6. The van der Waals surface area contributed by atoms with Crippen molar-refractivity contribution >= 4 is 149 Å². The monoisotopic (exact) mass is 1670 g/mol. The summed E-state index contributed by atoms with van der Waals surface area (Å²) < 4.78 is 31.2. The number of carbonyl (C=O) groups is 6. The zero-order valence-electron chi connectivity index (χ0n) is 63.5. The van der Waals surface area contributed by atoms with E-state index in [1.165, 1.54) is 92.8 Å². The number of esters is 6. The Kier molecular flexibility index (Phi) is 24.9. The van der Waals surface area contributed by atoms with Gasteiger partial charge in [0.25, 0.3) is 0 Å². The van der Waals surface area contributed by atoms with Crippen molar-refractivity contribution in [1.82, 2.24) is 0 Å². The second kappa shape index (κ2) is 34.9. The predicted molar refractivity (Wildman–Crippen MR) is 469 cm³/mol. The predicted octanol–water partition coefficient (Wildman–Crippen LogP) is 26.9. The fraction of sp³-hybridized carbons (Fsp3) is 0.156. The van der Waals surface area contributed by atoms with Crippen molar-refractivity contribution in [2.75, 3.05) is 42.7 Å². The average Bonchev–Trinajstić information content (AvgIpc) is 1.38. The van der Waals surface area contributed by atoms with E-state index < -0.39 is 35.8 Å². The Morgan fingerprint density at radius 3 is 0.643 bits per heavy atom. The van der Waals surface area contributed by atoms with Gasteiger partial charge >= 0.3 is 35.8 Å². The van der Waals surface area contributed by atoms with Crippen LogP contribution < -0.4 is 0 Å². The average molecular weight is 1670 g/mol. The molecule has 0 spiro atoms. The highest BCUT2D eigenvalue weighted by Crippen LogP contribution is 2.50. The number of benzene rings is 5. The highest BCUT2D eigenvalue weighted by molar-refractivity contribution is 7.26. The number of methoxy groups -OCH3 is 6. The molecule has 566 valence electrons. The summed E-state index contributed by atoms with van der Waals surface area (Å²) in [5, 5.41) is 0. The number of aryl methyl sites for hydroxylation is 6. The molecular weight excluding hydrogens is 1590 g/mol. The van der Waals surface area contributed by atoms with Crippen LogP contribution in [0.2, 0.25) is 0 Å². The Hall–Kier alpha value is -10.1. The van der Waals surface area contributed by atoms with Crippen LogP contribution in [-0.4, -0.2) is 78.5 Å². The lowest BCUT2D eigenvalue weighted by Gasteiger charge is -2.21. The summed E-state index contributed by atoms with van der Waals surface area (Å²) in [6, 6.07) is 64.7. The summed E-state index contributed by atoms with van der Waals surface area (Å²) >= 11 is 16.4. The Morgan fingerprint density at radius 1 is 0.214 bits per heavy atom. The summed E-state index contributed by atoms with van der Waals surface area (Å²) in [5.41, 5.74) is 12.6. The van der Waals surface area contributed by atoms with E-state index in [0.717, 1.165) is 69.7 Å². The van der Waals surface area contributed by atoms with Gasteiger partial charge < -0.3 is 28.4 Å². The van der Waals surface area contributed by atoms with Gasteiger partial charge in [0.05, 0.1) is 76.0 Å². The molecular formula is C90H74O12S10. The fourth-order valence-electron chi connectivity index (χ4n) is 12.9. The number of ether oxygens (including phenoxy) is 6. The Bertz CT molecular complexity index is 5680. The molecule has 0 unspecified atom stereocenters. The van der Waals surface area contributed by atoms with Crippen LogP contribution in [0.3, 0.4) is 0 Å². The van der Waals surface area contributed by atoms with Crippen molar-refractivity contribution in [3.63, 3.8) is 0 Å². The quantitative estimate of drug-likeness (QED) is 0.0592. The third-order valence-corrected chi connectivity index (χ3v) is 30.1. The van der Waals surface area contributed by atoms with Crippen molar-refractivity contribution in [3.05, 3.63) is 269 Å². The second-order valence-electron chi connectivity index (χ2n) is 25.9. The van der Waals surface area contributed by atoms with Crippen molar-refractivity contribution in [2.45, 2.75) is 55.4 Å². The summed E-state index contributed by atoms with van der Waals surface area (Å²) in [7, 11) is 8.27. The van der Waals surface area contributed by atoms with Crippen LogP contribution in [-0.2, 0) is 28.4 Å². The first-order valence-corrected chi connectivity index (χ1v) is 43.2. The minimum Gasteiger partial charge on any atom is -0.465 e. The maximum Gasteiger partial charge on any atom is 0.338 e. The smallest absolute Gasteiger partial charge is 0.338 e. The lowest BCUT2D eigenvalue weighted by Crippen LogP contribution is -2.14. The highest BCUT2D eigenvalue weighted by Gasteiger charge is 2.32. The third-order valence-electron chi connectivity index (χ3n) is 18.5. The van der Waals surface area contributed by atoms with Crippen molar-refractivity contribution in [1.29, 1.82) is 0 Å². The molecule has 10 aromatic heterocycles.